The molecule has 1 saturated carbocycles. The van der Waals surface area contributed by atoms with Crippen molar-refractivity contribution >= 4 is 35.8 Å². The average Bonchev–Trinajstić information content (AvgIpc) is 3.42. The van der Waals surface area contributed by atoms with Gasteiger partial charge in [0.1, 0.15) is 0 Å². The second-order valence-electron chi connectivity index (χ2n) is 8.19. The molecule has 1 saturated heterocycles. The fourth-order valence-corrected chi connectivity index (χ4v) is 4.38. The number of nitrogens with one attached hydrogen (secondary N) is 2. The summed E-state index contributed by atoms with van der Waals surface area (Å²) in [6.07, 6.45) is 10.3. The van der Waals surface area contributed by atoms with E-state index in [0.717, 1.165) is 57.7 Å². The van der Waals surface area contributed by atoms with Crippen molar-refractivity contribution in [1.82, 2.24) is 15.5 Å². The van der Waals surface area contributed by atoms with E-state index in [1.807, 2.05) is 7.05 Å². The van der Waals surface area contributed by atoms with Crippen LogP contribution in [0.2, 0.25) is 0 Å². The van der Waals surface area contributed by atoms with E-state index in [9.17, 15) is 4.79 Å². The molecule has 2 N–H and O–H groups in total. The van der Waals surface area contributed by atoms with Crippen molar-refractivity contribution in [3.05, 3.63) is 35.9 Å². The number of carbonyl (C=O) groups is 1. The fraction of sp³-hybridized carbons (Fsp3) is 0.652. The van der Waals surface area contributed by atoms with Gasteiger partial charge < -0.3 is 15.5 Å². The van der Waals surface area contributed by atoms with Gasteiger partial charge in [0.2, 0.25) is 5.91 Å². The normalized spacial score (nSPS) is 19.8. The molecule has 1 aromatic rings. The molecule has 2 aliphatic rings. The molecule has 1 aliphatic carbocycles. The van der Waals surface area contributed by atoms with Gasteiger partial charge in [-0.25, -0.2) is 0 Å². The van der Waals surface area contributed by atoms with Gasteiger partial charge >= 0.3 is 0 Å². The van der Waals surface area contributed by atoms with Crippen LogP contribution in [0.15, 0.2) is 35.3 Å². The first-order valence-electron chi connectivity index (χ1n) is 11.1. The van der Waals surface area contributed by atoms with E-state index in [1.165, 1.54) is 31.2 Å². The molecule has 1 heterocycles. The molecular weight excluding hydrogens is 475 g/mol. The Balaban J connectivity index is 0.00000300. The Kier molecular flexibility index (Phi) is 10.8. The van der Waals surface area contributed by atoms with Crippen LogP contribution in [0.5, 0.6) is 0 Å². The molecular formula is C23H37IN4O. The summed E-state index contributed by atoms with van der Waals surface area (Å²) in [6, 6.07) is 11.0. The van der Waals surface area contributed by atoms with Gasteiger partial charge in [0.05, 0.1) is 0 Å². The number of aliphatic imine (C=N–C) groups is 1. The maximum atomic E-state index is 12.6. The third-order valence-corrected chi connectivity index (χ3v) is 6.05. The molecule has 29 heavy (non-hydrogen) atoms. The molecule has 6 heteroatoms. The van der Waals surface area contributed by atoms with Crippen LogP contribution in [-0.2, 0) is 11.2 Å². The Hall–Kier alpha value is -1.31. The van der Waals surface area contributed by atoms with Gasteiger partial charge in [-0.15, -0.1) is 24.0 Å². The van der Waals surface area contributed by atoms with Crippen molar-refractivity contribution in [3.63, 3.8) is 0 Å². The van der Waals surface area contributed by atoms with Crippen LogP contribution in [0.25, 0.3) is 0 Å². The fourth-order valence-electron chi connectivity index (χ4n) is 4.38. The predicted octanol–water partition coefficient (Wildman–Crippen LogP) is 3.97. The maximum absolute atomic E-state index is 12.6. The largest absolute Gasteiger partial charge is 0.356 e. The summed E-state index contributed by atoms with van der Waals surface area (Å²) in [5, 5.41) is 6.93. The van der Waals surface area contributed by atoms with E-state index in [4.69, 9.17) is 0 Å². The van der Waals surface area contributed by atoms with E-state index >= 15 is 0 Å². The third-order valence-electron chi connectivity index (χ3n) is 6.05. The number of likely N-dealkylation sites (tertiary alicyclic amines) is 1. The zero-order valence-corrected chi connectivity index (χ0v) is 20.1. The van der Waals surface area contributed by atoms with Gasteiger partial charge in [-0.2, -0.15) is 0 Å². The SMILES string of the molecule is CN=C(NCCCCCc1ccccc1)NC1CCN(C(=O)C2CCCC2)C1.I. The number of halogens is 1. The molecule has 1 unspecified atom stereocenters. The van der Waals surface area contributed by atoms with Crippen LogP contribution in [0.3, 0.4) is 0 Å². The number of rotatable bonds is 8. The minimum absolute atomic E-state index is 0. The molecule has 0 bridgehead atoms. The van der Waals surface area contributed by atoms with Crippen molar-refractivity contribution in [2.24, 2.45) is 10.9 Å². The number of hydrogen-bond acceptors (Lipinski definition) is 2. The number of aryl methyl sites for hydroxylation is 1. The summed E-state index contributed by atoms with van der Waals surface area (Å²) in [6.45, 7) is 2.63. The lowest BCUT2D eigenvalue weighted by Gasteiger charge is -2.21. The zero-order valence-electron chi connectivity index (χ0n) is 17.7. The highest BCUT2D eigenvalue weighted by atomic mass is 127. The monoisotopic (exact) mass is 512 g/mol. The number of carbonyl (C=O) groups excluding carboxylic acids is 1. The molecule has 0 aromatic heterocycles. The molecule has 3 rings (SSSR count). The smallest absolute Gasteiger partial charge is 0.225 e. The number of amides is 1. The molecule has 1 atom stereocenters. The molecule has 1 amide bonds. The van der Waals surface area contributed by atoms with Crippen molar-refractivity contribution in [1.29, 1.82) is 0 Å². The maximum Gasteiger partial charge on any atom is 0.225 e. The Labute approximate surface area is 193 Å². The number of benzene rings is 1. The van der Waals surface area contributed by atoms with Crippen LogP contribution in [0, 0.1) is 5.92 Å². The van der Waals surface area contributed by atoms with Gasteiger partial charge in [-0.1, -0.05) is 49.6 Å². The highest BCUT2D eigenvalue weighted by molar-refractivity contribution is 14.0. The summed E-state index contributed by atoms with van der Waals surface area (Å²) in [4.78, 5) is 19.0. The predicted molar refractivity (Wildman–Crippen MR) is 131 cm³/mol. The second-order valence-corrected chi connectivity index (χ2v) is 8.19. The minimum Gasteiger partial charge on any atom is -0.356 e. The van der Waals surface area contributed by atoms with Gasteiger partial charge in [0, 0.05) is 38.6 Å². The highest BCUT2D eigenvalue weighted by Gasteiger charge is 2.32. The molecule has 2 fully saturated rings. The zero-order chi connectivity index (χ0) is 19.6. The first-order valence-corrected chi connectivity index (χ1v) is 11.1. The summed E-state index contributed by atoms with van der Waals surface area (Å²) in [5.41, 5.74) is 1.42. The topological polar surface area (TPSA) is 56.7 Å². The molecule has 0 spiro atoms. The van der Waals surface area contributed by atoms with Crippen LogP contribution in [0.4, 0.5) is 0 Å². The lowest BCUT2D eigenvalue weighted by molar-refractivity contribution is -0.134. The molecule has 162 valence electrons. The summed E-state index contributed by atoms with van der Waals surface area (Å²) in [7, 11) is 1.82. The second kappa shape index (κ2) is 13.1. The Morgan fingerprint density at radius 2 is 1.86 bits per heavy atom. The minimum atomic E-state index is 0. The van der Waals surface area contributed by atoms with Crippen molar-refractivity contribution < 1.29 is 4.79 Å². The molecule has 5 nitrogen and oxygen atoms in total. The standard InChI is InChI=1S/C23H36N4O.HI/c1-24-23(25-16-9-3-6-12-19-10-4-2-5-11-19)26-21-15-17-27(18-21)22(28)20-13-7-8-14-20;/h2,4-5,10-11,20-21H,3,6-9,12-18H2,1H3,(H2,24,25,26);1H. The lowest BCUT2D eigenvalue weighted by atomic mass is 10.1. The number of unbranched alkanes of at least 4 members (excludes halogenated alkanes) is 2. The Bertz CT molecular complexity index is 631. The lowest BCUT2D eigenvalue weighted by Crippen LogP contribution is -2.45. The van der Waals surface area contributed by atoms with Crippen LogP contribution in [0.1, 0.15) is 56.9 Å². The third kappa shape index (κ3) is 7.79. The van der Waals surface area contributed by atoms with Gasteiger partial charge in [0.25, 0.3) is 0 Å². The van der Waals surface area contributed by atoms with Gasteiger partial charge in [0.15, 0.2) is 5.96 Å². The number of guanidine groups is 1. The van der Waals surface area contributed by atoms with Gasteiger partial charge in [-0.05, 0) is 44.1 Å². The first kappa shape index (κ1) is 24.0. The van der Waals surface area contributed by atoms with Gasteiger partial charge in [-0.3, -0.25) is 9.79 Å². The van der Waals surface area contributed by atoms with E-state index < -0.39 is 0 Å². The van der Waals surface area contributed by atoms with Crippen LogP contribution < -0.4 is 10.6 Å². The first-order chi connectivity index (χ1) is 13.8. The van der Waals surface area contributed by atoms with E-state index in [0.29, 0.717) is 11.9 Å². The highest BCUT2D eigenvalue weighted by Crippen LogP contribution is 2.27. The number of nitrogens with zero attached hydrogens (tertiary/aromatic N) is 2. The van der Waals surface area contributed by atoms with E-state index in [2.05, 4.69) is 50.9 Å². The quantitative estimate of drug-likeness (QED) is 0.240. The van der Waals surface area contributed by atoms with Crippen molar-refractivity contribution in [2.45, 2.75) is 63.8 Å². The molecule has 1 aromatic carbocycles. The Morgan fingerprint density at radius 1 is 1.10 bits per heavy atom. The van der Waals surface area contributed by atoms with Crippen molar-refractivity contribution in [3.8, 4) is 0 Å². The summed E-state index contributed by atoms with van der Waals surface area (Å²) in [5.74, 6) is 1.53. The van der Waals surface area contributed by atoms with E-state index in [-0.39, 0.29) is 29.9 Å². The molecule has 0 radical (unpaired) electrons. The summed E-state index contributed by atoms with van der Waals surface area (Å²) < 4.78 is 0. The number of hydrogen-bond donors (Lipinski definition) is 2. The van der Waals surface area contributed by atoms with E-state index in [1.54, 1.807) is 0 Å². The van der Waals surface area contributed by atoms with Crippen molar-refractivity contribution in [2.75, 3.05) is 26.7 Å². The summed E-state index contributed by atoms with van der Waals surface area (Å²) >= 11 is 0. The van der Waals surface area contributed by atoms with Crippen LogP contribution >= 0.6 is 24.0 Å². The van der Waals surface area contributed by atoms with Crippen LogP contribution in [-0.4, -0.2) is 49.5 Å². The molecule has 1 aliphatic heterocycles. The Morgan fingerprint density at radius 3 is 2.59 bits per heavy atom. The average molecular weight is 512 g/mol.